The van der Waals surface area contributed by atoms with Crippen LogP contribution < -0.4 is 28.3 Å². The topological polar surface area (TPSA) is 92.7 Å². The first kappa shape index (κ1) is 33.5. The van der Waals surface area contributed by atoms with Gasteiger partial charge in [-0.2, -0.15) is 0 Å². The van der Waals surface area contributed by atoms with Crippen LogP contribution in [0.4, 0.5) is 0 Å². The highest BCUT2D eigenvalue weighted by atomic mass is 31.2. The van der Waals surface area contributed by atoms with Crippen molar-refractivity contribution in [2.24, 2.45) is 0 Å². The van der Waals surface area contributed by atoms with Crippen molar-refractivity contribution >= 4 is 21.9 Å². The molecule has 10 heteroatoms. The molecule has 0 aliphatic carbocycles. The normalized spacial score (nSPS) is 12.0. The molecule has 8 nitrogen and oxygen atoms in total. The molecule has 0 bridgehead atoms. The first-order valence-electron chi connectivity index (χ1n) is 15.3. The fraction of sp³-hybridized carbons (Fsp3) is 0.0769. The van der Waals surface area contributed by atoms with Crippen molar-refractivity contribution in [1.29, 1.82) is 0 Å². The standard InChI is InChI=1S/C39H32O8P2/c1-42-35-25-13-14-26-36(35)46-49(45-34-24-12-10-22-32(34)40)47-39(29-17-5-3-6-18-29,30-19-7-4-8-20-30)31-21-9-11-23-33(31)44-48(41)38-28-16-15-27-37(38)43-2/h3-28H,1-2H3/p+1. The molecule has 6 aromatic rings. The van der Waals surface area contributed by atoms with E-state index in [1.54, 1.807) is 73.8 Å². The molecule has 1 N–H and O–H groups in total. The number of hydrogen-bond donors (Lipinski definition) is 1. The number of aromatic hydroxyl groups is 1. The predicted molar refractivity (Wildman–Crippen MR) is 190 cm³/mol. The van der Waals surface area contributed by atoms with Crippen molar-refractivity contribution in [3.05, 3.63) is 174 Å². The Hall–Kier alpha value is -5.39. The summed E-state index contributed by atoms with van der Waals surface area (Å²) in [6, 6.07) is 47.2. The maximum atomic E-state index is 13.9. The quantitative estimate of drug-likeness (QED) is 0.0892. The molecule has 0 aliphatic rings. The second kappa shape index (κ2) is 15.7. The Morgan fingerprint density at radius 3 is 1.61 bits per heavy atom. The third kappa shape index (κ3) is 7.38. The number of phenols is 1. The number of ether oxygens (including phenoxy) is 2. The molecular formula is C39H33O8P2+. The van der Waals surface area contributed by atoms with Crippen LogP contribution in [0.5, 0.6) is 34.5 Å². The Kier molecular flexibility index (Phi) is 10.7. The summed E-state index contributed by atoms with van der Waals surface area (Å²) in [5.41, 5.74) is 0.486. The van der Waals surface area contributed by atoms with Gasteiger partial charge < -0.3 is 23.6 Å². The SMILES string of the molecule is COc1ccccc1OP(Oc1ccccc1O)OC(c1ccccc1)(c1ccccc1)c1ccccc1O[P+](=O)c1ccccc1OC. The van der Waals surface area contributed by atoms with Gasteiger partial charge in [0, 0.05) is 5.56 Å². The molecule has 6 rings (SSSR count). The molecule has 0 saturated heterocycles. The van der Waals surface area contributed by atoms with Crippen LogP contribution in [0.1, 0.15) is 16.7 Å². The van der Waals surface area contributed by atoms with E-state index in [4.69, 9.17) is 27.6 Å². The van der Waals surface area contributed by atoms with E-state index >= 15 is 0 Å². The minimum atomic E-state index is -2.43. The lowest BCUT2D eigenvalue weighted by atomic mass is 9.80. The molecule has 0 amide bonds. The number of hydrogen-bond acceptors (Lipinski definition) is 8. The van der Waals surface area contributed by atoms with Crippen molar-refractivity contribution in [3.63, 3.8) is 0 Å². The van der Waals surface area contributed by atoms with Gasteiger partial charge in [-0.1, -0.05) is 115 Å². The van der Waals surface area contributed by atoms with E-state index in [-0.39, 0.29) is 11.5 Å². The zero-order chi connectivity index (χ0) is 34.1. The van der Waals surface area contributed by atoms with E-state index in [2.05, 4.69) is 0 Å². The highest BCUT2D eigenvalue weighted by molar-refractivity contribution is 7.49. The lowest BCUT2D eigenvalue weighted by molar-refractivity contribution is 0.133. The number of para-hydroxylation sites is 6. The Balaban J connectivity index is 1.55. The first-order chi connectivity index (χ1) is 24.0. The average molecular weight is 692 g/mol. The molecule has 0 fully saturated rings. The number of phenolic OH excluding ortho intramolecular Hbond substituents is 1. The highest BCUT2D eigenvalue weighted by Crippen LogP contribution is 2.56. The van der Waals surface area contributed by atoms with Gasteiger partial charge in [0.1, 0.15) is 0 Å². The van der Waals surface area contributed by atoms with Gasteiger partial charge in [-0.15, -0.1) is 0 Å². The van der Waals surface area contributed by atoms with Gasteiger partial charge in [-0.05, 0) is 58.2 Å². The number of rotatable bonds is 14. The van der Waals surface area contributed by atoms with Gasteiger partial charge in [0.05, 0.1) is 14.2 Å². The minimum Gasteiger partial charge on any atom is -0.504 e. The van der Waals surface area contributed by atoms with Crippen molar-refractivity contribution in [1.82, 2.24) is 0 Å². The molecule has 0 aromatic heterocycles. The molecule has 0 aliphatic heterocycles. The van der Waals surface area contributed by atoms with Gasteiger partial charge >= 0.3 is 16.6 Å². The maximum absolute atomic E-state index is 13.9. The summed E-state index contributed by atoms with van der Waals surface area (Å²) in [7, 11) is -1.74. The average Bonchev–Trinajstić information content (AvgIpc) is 3.16. The van der Waals surface area contributed by atoms with E-state index in [9.17, 15) is 9.67 Å². The molecule has 0 spiro atoms. The summed E-state index contributed by atoms with van der Waals surface area (Å²) in [6.45, 7) is 0. The van der Waals surface area contributed by atoms with Gasteiger partial charge in [-0.25, -0.2) is 4.52 Å². The fourth-order valence-electron chi connectivity index (χ4n) is 5.29. The lowest BCUT2D eigenvalue weighted by Gasteiger charge is -2.37. The van der Waals surface area contributed by atoms with Crippen LogP contribution >= 0.6 is 16.6 Å². The molecule has 2 unspecified atom stereocenters. The van der Waals surface area contributed by atoms with Gasteiger partial charge in [0.2, 0.25) is 0 Å². The van der Waals surface area contributed by atoms with Crippen molar-refractivity contribution < 1.29 is 37.2 Å². The molecule has 6 aromatic carbocycles. The summed E-state index contributed by atoms with van der Waals surface area (Å²) >= 11 is 0. The third-order valence-corrected chi connectivity index (χ3v) is 9.82. The third-order valence-electron chi connectivity index (χ3n) is 7.58. The molecule has 246 valence electrons. The van der Waals surface area contributed by atoms with E-state index in [1.165, 1.54) is 13.2 Å². The van der Waals surface area contributed by atoms with Gasteiger partial charge in [0.25, 0.3) is 5.30 Å². The minimum absolute atomic E-state index is 0.0928. The fourth-order valence-corrected chi connectivity index (χ4v) is 7.55. The Morgan fingerprint density at radius 2 is 1.00 bits per heavy atom. The van der Waals surface area contributed by atoms with E-state index < -0.39 is 22.2 Å². The van der Waals surface area contributed by atoms with Crippen LogP contribution in [-0.4, -0.2) is 19.3 Å². The van der Waals surface area contributed by atoms with Crippen molar-refractivity contribution in [3.8, 4) is 34.5 Å². The van der Waals surface area contributed by atoms with Crippen LogP contribution in [0.2, 0.25) is 0 Å². The van der Waals surface area contributed by atoms with Gasteiger partial charge in [-0.3, -0.25) is 4.52 Å². The Bertz CT molecular complexity index is 1970. The van der Waals surface area contributed by atoms with Crippen LogP contribution in [0.25, 0.3) is 0 Å². The molecule has 49 heavy (non-hydrogen) atoms. The summed E-state index contributed by atoms with van der Waals surface area (Å²) in [4.78, 5) is 0. The van der Waals surface area contributed by atoms with Crippen LogP contribution in [0, 0.1) is 0 Å². The van der Waals surface area contributed by atoms with Gasteiger partial charge in [0.15, 0.2) is 40.1 Å². The summed E-state index contributed by atoms with van der Waals surface area (Å²) < 4.78 is 51.3. The number of benzene rings is 6. The summed E-state index contributed by atoms with van der Waals surface area (Å²) in [5.74, 6) is 1.64. The Labute approximate surface area is 287 Å². The van der Waals surface area contributed by atoms with Crippen LogP contribution in [-0.2, 0) is 14.7 Å². The number of methoxy groups -OCH3 is 2. The molecule has 0 saturated carbocycles. The largest absolute Gasteiger partial charge is 0.601 e. The first-order valence-corrected chi connectivity index (χ1v) is 17.6. The van der Waals surface area contributed by atoms with Crippen molar-refractivity contribution in [2.75, 3.05) is 14.2 Å². The summed E-state index contributed by atoms with van der Waals surface area (Å²) in [5, 5.41) is 11.2. The second-order valence-corrected chi connectivity index (χ2v) is 12.7. The van der Waals surface area contributed by atoms with Crippen LogP contribution in [0.3, 0.4) is 0 Å². The monoisotopic (exact) mass is 691 g/mol. The maximum Gasteiger partial charge on any atom is 0.601 e. The molecular weight excluding hydrogens is 658 g/mol. The predicted octanol–water partition coefficient (Wildman–Crippen LogP) is 9.55. The van der Waals surface area contributed by atoms with Crippen LogP contribution in [0.15, 0.2) is 158 Å². The zero-order valence-electron chi connectivity index (χ0n) is 26.7. The summed E-state index contributed by atoms with van der Waals surface area (Å²) in [6.07, 6.45) is 0. The van der Waals surface area contributed by atoms with E-state index in [0.717, 1.165) is 0 Å². The second-order valence-electron chi connectivity index (χ2n) is 10.5. The molecule has 2 atom stereocenters. The van der Waals surface area contributed by atoms with E-state index in [1.807, 2.05) is 84.9 Å². The Morgan fingerprint density at radius 1 is 0.531 bits per heavy atom. The lowest BCUT2D eigenvalue weighted by Crippen LogP contribution is -2.33. The van der Waals surface area contributed by atoms with E-state index in [0.29, 0.717) is 45.0 Å². The van der Waals surface area contributed by atoms with Crippen molar-refractivity contribution in [2.45, 2.75) is 5.60 Å². The zero-order valence-corrected chi connectivity index (χ0v) is 28.5. The smallest absolute Gasteiger partial charge is 0.504 e. The highest BCUT2D eigenvalue weighted by Gasteiger charge is 2.46. The molecule has 0 radical (unpaired) electrons. The molecule has 0 heterocycles.